The molecule has 0 saturated heterocycles. The van der Waals surface area contributed by atoms with E-state index in [1.54, 1.807) is 22.8 Å². The highest BCUT2D eigenvalue weighted by molar-refractivity contribution is 7.90. The van der Waals surface area contributed by atoms with Gasteiger partial charge in [-0.3, -0.25) is 4.79 Å². The van der Waals surface area contributed by atoms with E-state index < -0.39 is 9.84 Å². The van der Waals surface area contributed by atoms with Gasteiger partial charge in [0.2, 0.25) is 0 Å². The van der Waals surface area contributed by atoms with Crippen LogP contribution in [0.2, 0.25) is 5.02 Å². The van der Waals surface area contributed by atoms with Crippen LogP contribution in [-0.2, 0) is 23.4 Å². The number of hydrogen-bond acceptors (Lipinski definition) is 3. The lowest BCUT2D eigenvalue weighted by Crippen LogP contribution is -2.24. The highest BCUT2D eigenvalue weighted by atomic mass is 35.5. The van der Waals surface area contributed by atoms with Gasteiger partial charge in [-0.05, 0) is 35.9 Å². The SMILES string of the molecule is Cn1c(C(=O)NCc2ccc(S(C)(=O)=O)cc2)cc2ccc(Cl)cc21. The zero-order valence-corrected chi connectivity index (χ0v) is 15.4. The van der Waals surface area contributed by atoms with Gasteiger partial charge in [0.05, 0.1) is 4.90 Å². The number of amides is 1. The summed E-state index contributed by atoms with van der Waals surface area (Å²) in [5.74, 6) is -0.206. The molecule has 1 heterocycles. The molecule has 0 bridgehead atoms. The van der Waals surface area contributed by atoms with Crippen LogP contribution in [0.1, 0.15) is 16.1 Å². The van der Waals surface area contributed by atoms with Crippen LogP contribution < -0.4 is 5.32 Å². The van der Waals surface area contributed by atoms with E-state index in [0.29, 0.717) is 17.3 Å². The summed E-state index contributed by atoms with van der Waals surface area (Å²) < 4.78 is 24.7. The average Bonchev–Trinajstić information content (AvgIpc) is 2.89. The molecular formula is C18H17ClN2O3S. The Kier molecular flexibility index (Phi) is 4.58. The van der Waals surface area contributed by atoms with E-state index in [1.165, 1.54) is 12.1 Å². The Morgan fingerprint density at radius 3 is 2.44 bits per heavy atom. The van der Waals surface area contributed by atoms with E-state index in [1.807, 2.05) is 25.2 Å². The quantitative estimate of drug-likeness (QED) is 0.760. The summed E-state index contributed by atoms with van der Waals surface area (Å²) in [7, 11) is -1.41. The third-order valence-electron chi connectivity index (χ3n) is 4.04. The zero-order valence-electron chi connectivity index (χ0n) is 13.8. The van der Waals surface area contributed by atoms with Crippen LogP contribution in [0.15, 0.2) is 53.4 Å². The van der Waals surface area contributed by atoms with Crippen molar-refractivity contribution < 1.29 is 13.2 Å². The van der Waals surface area contributed by atoms with Crippen molar-refractivity contribution in [2.75, 3.05) is 6.26 Å². The summed E-state index contributed by atoms with van der Waals surface area (Å²) in [6, 6.07) is 13.7. The van der Waals surface area contributed by atoms with Crippen LogP contribution in [0.25, 0.3) is 10.9 Å². The lowest BCUT2D eigenvalue weighted by Gasteiger charge is -2.07. The molecule has 25 heavy (non-hydrogen) atoms. The van der Waals surface area contributed by atoms with Crippen LogP contribution >= 0.6 is 11.6 Å². The second kappa shape index (κ2) is 6.54. The molecule has 0 aliphatic carbocycles. The molecule has 0 aliphatic heterocycles. The Morgan fingerprint density at radius 1 is 1.12 bits per heavy atom. The molecule has 1 N–H and O–H groups in total. The first-order valence-electron chi connectivity index (χ1n) is 7.58. The second-order valence-corrected chi connectivity index (χ2v) is 8.34. The molecule has 0 aliphatic rings. The fourth-order valence-electron chi connectivity index (χ4n) is 2.65. The maximum Gasteiger partial charge on any atom is 0.268 e. The Hall–Kier alpha value is -2.31. The molecule has 0 unspecified atom stereocenters. The van der Waals surface area contributed by atoms with Crippen LogP contribution in [0, 0.1) is 0 Å². The number of carbonyl (C=O) groups is 1. The first-order valence-corrected chi connectivity index (χ1v) is 9.85. The second-order valence-electron chi connectivity index (χ2n) is 5.89. The van der Waals surface area contributed by atoms with Crippen molar-refractivity contribution in [2.45, 2.75) is 11.4 Å². The molecule has 3 rings (SSSR count). The van der Waals surface area contributed by atoms with E-state index in [9.17, 15) is 13.2 Å². The Balaban J connectivity index is 1.76. The lowest BCUT2D eigenvalue weighted by molar-refractivity contribution is 0.0943. The van der Waals surface area contributed by atoms with E-state index in [0.717, 1.165) is 22.7 Å². The number of fused-ring (bicyclic) bond motifs is 1. The van der Waals surface area contributed by atoms with Gasteiger partial charge in [-0.1, -0.05) is 29.8 Å². The molecule has 3 aromatic rings. The fraction of sp³-hybridized carbons (Fsp3) is 0.167. The first kappa shape index (κ1) is 17.5. The average molecular weight is 377 g/mol. The van der Waals surface area contributed by atoms with Crippen molar-refractivity contribution in [3.05, 3.63) is 64.8 Å². The summed E-state index contributed by atoms with van der Waals surface area (Å²) in [6.45, 7) is 0.311. The molecule has 130 valence electrons. The van der Waals surface area contributed by atoms with Gasteiger partial charge in [-0.2, -0.15) is 0 Å². The number of benzene rings is 2. The fourth-order valence-corrected chi connectivity index (χ4v) is 3.45. The lowest BCUT2D eigenvalue weighted by atomic mass is 10.2. The first-order chi connectivity index (χ1) is 11.8. The summed E-state index contributed by atoms with van der Waals surface area (Å²) >= 11 is 6.01. The van der Waals surface area contributed by atoms with Gasteiger partial charge in [0, 0.05) is 35.8 Å². The number of hydrogen-bond donors (Lipinski definition) is 1. The molecule has 0 fully saturated rings. The number of aromatic nitrogens is 1. The molecule has 5 nitrogen and oxygen atoms in total. The monoisotopic (exact) mass is 376 g/mol. The standard InChI is InChI=1S/C18H17ClN2O3S/c1-21-16-10-14(19)6-5-13(16)9-17(21)18(22)20-11-12-3-7-15(8-4-12)25(2,23)24/h3-10H,11H2,1-2H3,(H,20,22). The van der Waals surface area contributed by atoms with Gasteiger partial charge < -0.3 is 9.88 Å². The molecule has 2 aromatic carbocycles. The summed E-state index contributed by atoms with van der Waals surface area (Å²) in [5, 5.41) is 4.40. The van der Waals surface area contributed by atoms with Gasteiger partial charge in [-0.25, -0.2) is 8.42 Å². The Bertz CT molecular complexity index is 1050. The summed E-state index contributed by atoms with van der Waals surface area (Å²) in [6.07, 6.45) is 1.16. The highest BCUT2D eigenvalue weighted by Gasteiger charge is 2.13. The van der Waals surface area contributed by atoms with Crippen LogP contribution in [-0.4, -0.2) is 25.1 Å². The minimum atomic E-state index is -3.22. The van der Waals surface area contributed by atoms with Crippen molar-refractivity contribution in [2.24, 2.45) is 7.05 Å². The predicted octanol–water partition coefficient (Wildman–Crippen LogP) is 3.17. The molecule has 0 atom stereocenters. The van der Waals surface area contributed by atoms with E-state index in [2.05, 4.69) is 5.32 Å². The maximum absolute atomic E-state index is 12.5. The van der Waals surface area contributed by atoms with Crippen molar-refractivity contribution in [3.63, 3.8) is 0 Å². The smallest absolute Gasteiger partial charge is 0.268 e. The number of nitrogens with one attached hydrogen (secondary N) is 1. The minimum Gasteiger partial charge on any atom is -0.347 e. The number of halogens is 1. The molecule has 1 amide bonds. The van der Waals surface area contributed by atoms with E-state index >= 15 is 0 Å². The van der Waals surface area contributed by atoms with E-state index in [4.69, 9.17) is 11.6 Å². The topological polar surface area (TPSA) is 68.2 Å². The minimum absolute atomic E-state index is 0.206. The largest absolute Gasteiger partial charge is 0.347 e. The molecule has 0 radical (unpaired) electrons. The maximum atomic E-state index is 12.5. The normalized spacial score (nSPS) is 11.6. The van der Waals surface area contributed by atoms with Crippen molar-refractivity contribution >= 4 is 38.2 Å². The van der Waals surface area contributed by atoms with Gasteiger partial charge in [0.1, 0.15) is 5.69 Å². The molecule has 0 saturated carbocycles. The highest BCUT2D eigenvalue weighted by Crippen LogP contribution is 2.22. The van der Waals surface area contributed by atoms with Crippen molar-refractivity contribution in [1.29, 1.82) is 0 Å². The molecule has 7 heteroatoms. The Morgan fingerprint density at radius 2 is 1.80 bits per heavy atom. The third kappa shape index (κ3) is 3.70. The number of aryl methyl sites for hydroxylation is 1. The summed E-state index contributed by atoms with van der Waals surface area (Å²) in [5.41, 5.74) is 2.24. The van der Waals surface area contributed by atoms with Crippen LogP contribution in [0.5, 0.6) is 0 Å². The number of carbonyl (C=O) groups excluding carboxylic acids is 1. The van der Waals surface area contributed by atoms with Gasteiger partial charge >= 0.3 is 0 Å². The zero-order chi connectivity index (χ0) is 18.2. The predicted molar refractivity (Wildman–Crippen MR) is 98.7 cm³/mol. The van der Waals surface area contributed by atoms with Crippen molar-refractivity contribution in [3.8, 4) is 0 Å². The summed E-state index contributed by atoms with van der Waals surface area (Å²) in [4.78, 5) is 12.7. The van der Waals surface area contributed by atoms with E-state index in [-0.39, 0.29) is 10.8 Å². The van der Waals surface area contributed by atoms with Gasteiger partial charge in [-0.15, -0.1) is 0 Å². The van der Waals surface area contributed by atoms with Gasteiger partial charge in [0.15, 0.2) is 9.84 Å². The number of rotatable bonds is 4. The molecule has 0 spiro atoms. The third-order valence-corrected chi connectivity index (χ3v) is 5.41. The molecule has 1 aromatic heterocycles. The molecular weight excluding hydrogens is 360 g/mol. The number of sulfone groups is 1. The number of nitrogens with zero attached hydrogens (tertiary/aromatic N) is 1. The van der Waals surface area contributed by atoms with Crippen LogP contribution in [0.4, 0.5) is 0 Å². The van der Waals surface area contributed by atoms with Crippen molar-refractivity contribution in [1.82, 2.24) is 9.88 Å². The Labute approximate surface area is 151 Å². The van der Waals surface area contributed by atoms with Crippen LogP contribution in [0.3, 0.4) is 0 Å². The van der Waals surface area contributed by atoms with Gasteiger partial charge in [0.25, 0.3) is 5.91 Å².